The van der Waals surface area contributed by atoms with Crippen molar-refractivity contribution in [3.8, 4) is 0 Å². The van der Waals surface area contributed by atoms with Crippen LogP contribution in [0.5, 0.6) is 0 Å². The fraction of sp³-hybridized carbons (Fsp3) is 0.517. The Balaban J connectivity index is 0.00000506. The van der Waals surface area contributed by atoms with Gasteiger partial charge in [-0.25, -0.2) is 8.42 Å². The van der Waals surface area contributed by atoms with Crippen molar-refractivity contribution in [3.05, 3.63) is 42.5 Å². The number of nitrogens with one attached hydrogen (secondary N) is 3. The van der Waals surface area contributed by atoms with E-state index in [1.165, 1.54) is 17.0 Å². The molecule has 0 bridgehead atoms. The third kappa shape index (κ3) is 9.04. The van der Waals surface area contributed by atoms with E-state index in [2.05, 4.69) is 10.0 Å². The van der Waals surface area contributed by atoms with Crippen molar-refractivity contribution in [2.75, 3.05) is 26.2 Å². The minimum absolute atomic E-state index is 0. The average molecular weight is 637 g/mol. The molecule has 1 unspecified atom stereocenters. The first kappa shape index (κ1) is 34.1. The molecule has 1 heterocycles. The third-order valence-electron chi connectivity index (χ3n) is 8.09. The van der Waals surface area contributed by atoms with Gasteiger partial charge in [0, 0.05) is 32.2 Å². The van der Waals surface area contributed by atoms with Crippen LogP contribution in [0.15, 0.2) is 47.4 Å². The molecule has 2 amide bonds. The number of hydrogen-bond donors (Lipinski definition) is 5. The molecule has 1 saturated carbocycles. The zero-order chi connectivity index (χ0) is 30.4. The molecular weight excluding hydrogens is 596 g/mol. The summed E-state index contributed by atoms with van der Waals surface area (Å²) in [5, 5.41) is 21.6. The van der Waals surface area contributed by atoms with Gasteiger partial charge in [-0.05, 0) is 60.9 Å². The highest BCUT2D eigenvalue weighted by atomic mass is 35.5. The summed E-state index contributed by atoms with van der Waals surface area (Å²) in [6.45, 7) is 3.25. The summed E-state index contributed by atoms with van der Waals surface area (Å²) >= 11 is 0. The fourth-order valence-corrected chi connectivity index (χ4v) is 6.51. The topological polar surface area (TPSA) is 186 Å². The summed E-state index contributed by atoms with van der Waals surface area (Å²) in [6.07, 6.45) is 2.74. The maximum absolute atomic E-state index is 13.9. The number of hydrogen-bond acceptors (Lipinski definition) is 6. The number of rotatable bonds is 13. The number of fused-ring (bicyclic) bond motifs is 1. The van der Waals surface area contributed by atoms with E-state index in [9.17, 15) is 27.9 Å². The lowest BCUT2D eigenvalue weighted by atomic mass is 9.97. The molecular formula is C29H41ClN6O6S. The Bertz CT molecular complexity index is 1430. The summed E-state index contributed by atoms with van der Waals surface area (Å²) < 4.78 is 29.5. The van der Waals surface area contributed by atoms with Crippen LogP contribution in [0.2, 0.25) is 0 Å². The number of guanidine groups is 1. The summed E-state index contributed by atoms with van der Waals surface area (Å²) in [6, 6.07) is 10.4. The second-order valence-corrected chi connectivity index (χ2v) is 12.9. The van der Waals surface area contributed by atoms with Crippen molar-refractivity contribution in [1.29, 1.82) is 5.41 Å². The number of nitrogens with zero attached hydrogens (tertiary/aromatic N) is 2. The van der Waals surface area contributed by atoms with Crippen molar-refractivity contribution in [2.24, 2.45) is 17.6 Å². The van der Waals surface area contributed by atoms with Gasteiger partial charge in [-0.1, -0.05) is 37.3 Å². The minimum Gasteiger partial charge on any atom is -0.481 e. The molecule has 236 valence electrons. The number of piperidine rings is 1. The normalized spacial score (nSPS) is 17.0. The second-order valence-electron chi connectivity index (χ2n) is 11.2. The van der Waals surface area contributed by atoms with Crippen LogP contribution >= 0.6 is 12.4 Å². The van der Waals surface area contributed by atoms with E-state index in [-0.39, 0.29) is 41.8 Å². The lowest BCUT2D eigenvalue weighted by Crippen LogP contribution is -2.52. The molecule has 2 aromatic rings. The molecule has 6 N–H and O–H groups in total. The van der Waals surface area contributed by atoms with Gasteiger partial charge in [0.25, 0.3) is 0 Å². The van der Waals surface area contributed by atoms with Gasteiger partial charge in [-0.3, -0.25) is 19.8 Å². The Morgan fingerprint density at radius 2 is 1.74 bits per heavy atom. The highest BCUT2D eigenvalue weighted by Gasteiger charge is 2.40. The zero-order valence-corrected chi connectivity index (χ0v) is 25.8. The number of nitrogens with two attached hydrogens (primary N) is 1. The number of carboxylic acid groups (broad SMARTS) is 1. The third-order valence-corrected chi connectivity index (χ3v) is 9.56. The van der Waals surface area contributed by atoms with Gasteiger partial charge < -0.3 is 26.0 Å². The van der Waals surface area contributed by atoms with Crippen LogP contribution in [0, 0.1) is 17.2 Å². The molecule has 4 rings (SSSR count). The predicted octanol–water partition coefficient (Wildman–Crippen LogP) is 2.12. The Labute approximate surface area is 258 Å². The lowest BCUT2D eigenvalue weighted by molar-refractivity contribution is -0.145. The first-order valence-corrected chi connectivity index (χ1v) is 15.9. The second kappa shape index (κ2) is 14.8. The van der Waals surface area contributed by atoms with E-state index in [1.54, 1.807) is 30.0 Å². The number of carbonyl (C=O) groups excluding carboxylic acids is 2. The predicted molar refractivity (Wildman–Crippen MR) is 165 cm³/mol. The molecule has 0 spiro atoms. The van der Waals surface area contributed by atoms with Crippen LogP contribution in [0.3, 0.4) is 0 Å². The van der Waals surface area contributed by atoms with Crippen molar-refractivity contribution in [3.63, 3.8) is 0 Å². The van der Waals surface area contributed by atoms with Gasteiger partial charge in [0.05, 0.1) is 17.2 Å². The molecule has 0 radical (unpaired) electrons. The lowest BCUT2D eigenvalue weighted by Gasteiger charge is -2.32. The highest BCUT2D eigenvalue weighted by Crippen LogP contribution is 2.29. The first-order valence-electron chi connectivity index (χ1n) is 14.4. The molecule has 2 atom stereocenters. The van der Waals surface area contributed by atoms with E-state index in [0.29, 0.717) is 44.3 Å². The number of amides is 2. The fourth-order valence-electron chi connectivity index (χ4n) is 5.29. The summed E-state index contributed by atoms with van der Waals surface area (Å²) in [5.74, 6) is -2.74. The molecule has 1 saturated heterocycles. The van der Waals surface area contributed by atoms with Crippen LogP contribution in [-0.2, 0) is 24.4 Å². The van der Waals surface area contributed by atoms with Gasteiger partial charge >= 0.3 is 5.97 Å². The van der Waals surface area contributed by atoms with Gasteiger partial charge in [-0.15, -0.1) is 12.4 Å². The summed E-state index contributed by atoms with van der Waals surface area (Å²) in [4.78, 5) is 41.9. The van der Waals surface area contributed by atoms with Crippen LogP contribution in [0.1, 0.15) is 45.4 Å². The van der Waals surface area contributed by atoms with Crippen LogP contribution < -0.4 is 15.8 Å². The number of likely N-dealkylation sites (tertiary alicyclic amines) is 1. The van der Waals surface area contributed by atoms with Gasteiger partial charge in [0.1, 0.15) is 6.04 Å². The SMILES string of the molecule is CC[C@@H](CN(C(=O)C(CC(=O)NCC1CCN(C(=N)N)CC1)NS(=O)(=O)c1ccc2ccccc2c1)C1CC1)C(=O)O.Cl. The molecule has 1 aliphatic carbocycles. The number of sulfonamides is 1. The Kier molecular flexibility index (Phi) is 11.8. The number of aliphatic carboxylic acids is 1. The molecule has 12 nitrogen and oxygen atoms in total. The Hall–Kier alpha value is -3.42. The van der Waals surface area contributed by atoms with E-state index in [1.807, 2.05) is 12.1 Å². The summed E-state index contributed by atoms with van der Waals surface area (Å²) in [7, 11) is -4.21. The van der Waals surface area contributed by atoms with Crippen LogP contribution in [0.4, 0.5) is 0 Å². The van der Waals surface area contributed by atoms with E-state index in [0.717, 1.165) is 18.2 Å². The number of carboxylic acids is 1. The van der Waals surface area contributed by atoms with E-state index < -0.39 is 46.2 Å². The Morgan fingerprint density at radius 1 is 1.09 bits per heavy atom. The highest BCUT2D eigenvalue weighted by molar-refractivity contribution is 7.89. The number of benzene rings is 2. The van der Waals surface area contributed by atoms with E-state index in [4.69, 9.17) is 11.1 Å². The molecule has 0 aromatic heterocycles. The van der Waals surface area contributed by atoms with Crippen molar-refractivity contribution in [1.82, 2.24) is 19.8 Å². The maximum atomic E-state index is 13.9. The largest absolute Gasteiger partial charge is 0.481 e. The first-order chi connectivity index (χ1) is 20.0. The molecule has 1 aliphatic heterocycles. The standard InChI is InChI=1S/C29H40N6O6S.ClH/c1-2-20(28(38)39)18-35(23-8-9-23)27(37)25(16-26(36)32-17-19-11-13-34(14-12-19)29(30)31)33-42(40,41)24-10-7-21-5-3-4-6-22(21)15-24;/h3-7,10,15,19-20,23,25,33H,2,8-9,11-14,16-18H2,1H3,(H3,30,31)(H,32,36)(H,38,39);1H/t20-,25?;/m0./s1. The van der Waals surface area contributed by atoms with Crippen molar-refractivity contribution >= 4 is 56.9 Å². The van der Waals surface area contributed by atoms with Gasteiger partial charge in [-0.2, -0.15) is 4.72 Å². The average Bonchev–Trinajstić information content (AvgIpc) is 3.81. The van der Waals surface area contributed by atoms with Crippen molar-refractivity contribution in [2.45, 2.75) is 62.4 Å². The van der Waals surface area contributed by atoms with Crippen LogP contribution in [0.25, 0.3) is 10.8 Å². The molecule has 2 fully saturated rings. The number of carbonyl (C=O) groups is 3. The quantitative estimate of drug-likeness (QED) is 0.163. The minimum atomic E-state index is -4.21. The zero-order valence-electron chi connectivity index (χ0n) is 24.2. The number of halogens is 1. The Morgan fingerprint density at radius 3 is 2.33 bits per heavy atom. The smallest absolute Gasteiger partial charge is 0.308 e. The maximum Gasteiger partial charge on any atom is 0.308 e. The van der Waals surface area contributed by atoms with Gasteiger partial charge in [0.15, 0.2) is 5.96 Å². The van der Waals surface area contributed by atoms with E-state index >= 15 is 0 Å². The van der Waals surface area contributed by atoms with Gasteiger partial charge in [0.2, 0.25) is 21.8 Å². The molecule has 2 aliphatic rings. The molecule has 14 heteroatoms. The summed E-state index contributed by atoms with van der Waals surface area (Å²) in [5.41, 5.74) is 5.56. The molecule has 2 aromatic carbocycles. The van der Waals surface area contributed by atoms with Crippen LogP contribution in [-0.4, -0.2) is 85.3 Å². The monoisotopic (exact) mass is 636 g/mol. The van der Waals surface area contributed by atoms with Crippen molar-refractivity contribution < 1.29 is 27.9 Å². The molecule has 43 heavy (non-hydrogen) atoms.